The van der Waals surface area contributed by atoms with Crippen LogP contribution in [0.15, 0.2) is 24.3 Å². The van der Waals surface area contributed by atoms with Crippen molar-refractivity contribution in [2.45, 2.75) is 45.4 Å². The number of benzene rings is 1. The fraction of sp³-hybridized carbons (Fsp3) is 0.533. The van der Waals surface area contributed by atoms with Crippen LogP contribution in [0.4, 0.5) is 0 Å². The second-order valence-corrected chi connectivity index (χ2v) is 4.42. The molecule has 0 radical (unpaired) electrons. The summed E-state index contributed by atoms with van der Waals surface area (Å²) < 4.78 is 5.12. The Bertz CT molecular complexity index is 366. The van der Waals surface area contributed by atoms with E-state index in [4.69, 9.17) is 4.74 Å². The van der Waals surface area contributed by atoms with E-state index in [1.54, 1.807) is 18.2 Å². The summed E-state index contributed by atoms with van der Waals surface area (Å²) in [5, 5.41) is 9.48. The molecule has 0 atom stereocenters. The maximum absolute atomic E-state index is 11.6. The Balaban J connectivity index is 0.00000324. The fourth-order valence-corrected chi connectivity index (χ4v) is 1.77. The number of rotatable bonds is 8. The molecule has 3 nitrogen and oxygen atoms in total. The number of hydrogen-bond acceptors (Lipinski definition) is 3. The molecule has 1 aromatic rings. The maximum atomic E-state index is 11.6. The van der Waals surface area contributed by atoms with Crippen LogP contribution in [0.2, 0.25) is 0 Å². The number of ether oxygens (including phenoxy) is 1. The van der Waals surface area contributed by atoms with Gasteiger partial charge < -0.3 is 9.84 Å². The first-order chi connectivity index (χ1) is 8.75. The Morgan fingerprint density at radius 3 is 2.42 bits per heavy atom. The summed E-state index contributed by atoms with van der Waals surface area (Å²) in [6, 6.07) is 6.45. The summed E-state index contributed by atoms with van der Waals surface area (Å²) in [7, 11) is 0. The van der Waals surface area contributed by atoms with Gasteiger partial charge in [-0.3, -0.25) is 0 Å². The van der Waals surface area contributed by atoms with Crippen LogP contribution in [0.3, 0.4) is 0 Å². The molecule has 0 bridgehead atoms. The molecular formula is C15H24BaO3. The van der Waals surface area contributed by atoms with Crippen LogP contribution in [0.25, 0.3) is 0 Å². The summed E-state index contributed by atoms with van der Waals surface area (Å²) in [6.45, 7) is 2.62. The van der Waals surface area contributed by atoms with Gasteiger partial charge in [0, 0.05) is 0 Å². The van der Waals surface area contributed by atoms with E-state index in [2.05, 4.69) is 6.92 Å². The van der Waals surface area contributed by atoms with Crippen molar-refractivity contribution in [3.63, 3.8) is 0 Å². The van der Waals surface area contributed by atoms with E-state index >= 15 is 0 Å². The van der Waals surface area contributed by atoms with Gasteiger partial charge in [-0.05, 0) is 18.6 Å². The van der Waals surface area contributed by atoms with Crippen LogP contribution < -0.4 is 0 Å². The molecule has 104 valence electrons. The van der Waals surface area contributed by atoms with Crippen LogP contribution in [0, 0.1) is 0 Å². The van der Waals surface area contributed by atoms with Crippen molar-refractivity contribution in [3.05, 3.63) is 29.8 Å². The van der Waals surface area contributed by atoms with E-state index in [1.165, 1.54) is 31.7 Å². The van der Waals surface area contributed by atoms with Crippen LogP contribution in [-0.2, 0) is 4.74 Å². The molecule has 0 saturated heterocycles. The van der Waals surface area contributed by atoms with Gasteiger partial charge in [-0.15, -0.1) is 0 Å². The molecule has 1 N–H and O–H groups in total. The van der Waals surface area contributed by atoms with Gasteiger partial charge in [0.1, 0.15) is 11.3 Å². The molecule has 0 aliphatic rings. The van der Waals surface area contributed by atoms with Crippen LogP contribution in [0.1, 0.15) is 55.8 Å². The first-order valence-corrected chi connectivity index (χ1v) is 6.70. The van der Waals surface area contributed by atoms with Crippen LogP contribution in [0.5, 0.6) is 5.75 Å². The van der Waals surface area contributed by atoms with Crippen molar-refractivity contribution in [2.75, 3.05) is 6.61 Å². The van der Waals surface area contributed by atoms with E-state index in [-0.39, 0.29) is 60.2 Å². The SMILES string of the molecule is CCCCCCCCOC(=O)c1ccccc1O.[BaH2]. The molecule has 19 heavy (non-hydrogen) atoms. The molecule has 0 aliphatic heterocycles. The van der Waals surface area contributed by atoms with E-state index in [9.17, 15) is 9.90 Å². The number of phenolic OH excluding ortho intramolecular Hbond substituents is 1. The number of hydrogen-bond donors (Lipinski definition) is 1. The Labute approximate surface area is 155 Å². The Kier molecular flexibility index (Phi) is 11.9. The monoisotopic (exact) mass is 390 g/mol. The topological polar surface area (TPSA) is 46.5 Å². The number of unbranched alkanes of at least 4 members (excludes halogenated alkanes) is 5. The van der Waals surface area contributed by atoms with Gasteiger partial charge in [0.15, 0.2) is 0 Å². The van der Waals surface area contributed by atoms with Crippen molar-refractivity contribution < 1.29 is 14.6 Å². The molecule has 4 heteroatoms. The van der Waals surface area contributed by atoms with Gasteiger partial charge in [0.25, 0.3) is 0 Å². The number of carbonyl (C=O) groups is 1. The summed E-state index contributed by atoms with van der Waals surface area (Å²) in [5.41, 5.74) is 0.239. The third kappa shape index (κ3) is 8.05. The summed E-state index contributed by atoms with van der Waals surface area (Å²) in [5.74, 6) is -0.466. The van der Waals surface area contributed by atoms with Crippen molar-refractivity contribution in [3.8, 4) is 5.75 Å². The molecule has 0 spiro atoms. The minimum absolute atomic E-state index is 0. The zero-order valence-electron chi connectivity index (χ0n) is 11.0. The molecular weight excluding hydrogens is 365 g/mol. The van der Waals surface area contributed by atoms with Gasteiger partial charge in [-0.1, -0.05) is 51.2 Å². The summed E-state index contributed by atoms with van der Waals surface area (Å²) >= 11 is 0. The average Bonchev–Trinajstić information content (AvgIpc) is 2.38. The van der Waals surface area contributed by atoms with E-state index in [1.807, 2.05) is 0 Å². The van der Waals surface area contributed by atoms with Crippen molar-refractivity contribution in [1.29, 1.82) is 0 Å². The normalized spacial score (nSPS) is 9.74. The molecule has 0 amide bonds. The van der Waals surface area contributed by atoms with Crippen LogP contribution in [-0.4, -0.2) is 66.6 Å². The van der Waals surface area contributed by atoms with Crippen molar-refractivity contribution >= 4 is 54.9 Å². The number of para-hydroxylation sites is 1. The molecule has 0 saturated carbocycles. The molecule has 1 aromatic carbocycles. The third-order valence-electron chi connectivity index (χ3n) is 2.86. The minimum atomic E-state index is -0.443. The van der Waals surface area contributed by atoms with E-state index < -0.39 is 5.97 Å². The molecule has 0 aliphatic carbocycles. The number of carbonyl (C=O) groups excluding carboxylic acids is 1. The summed E-state index contributed by atoms with van der Waals surface area (Å²) in [4.78, 5) is 11.6. The molecule has 1 rings (SSSR count). The zero-order valence-corrected chi connectivity index (χ0v) is 11.0. The van der Waals surface area contributed by atoms with Crippen molar-refractivity contribution in [1.82, 2.24) is 0 Å². The second kappa shape index (κ2) is 11.9. The fourth-order valence-electron chi connectivity index (χ4n) is 1.77. The first-order valence-electron chi connectivity index (χ1n) is 6.70. The predicted molar refractivity (Wildman–Crippen MR) is 80.3 cm³/mol. The van der Waals surface area contributed by atoms with Crippen molar-refractivity contribution in [2.24, 2.45) is 0 Å². The number of esters is 1. The zero-order chi connectivity index (χ0) is 13.2. The first kappa shape index (κ1) is 19.1. The van der Waals surface area contributed by atoms with Gasteiger partial charge in [0.05, 0.1) is 6.61 Å². The summed E-state index contributed by atoms with van der Waals surface area (Å²) in [6.07, 6.45) is 6.95. The third-order valence-corrected chi connectivity index (χ3v) is 2.86. The Morgan fingerprint density at radius 1 is 1.11 bits per heavy atom. The number of phenols is 1. The van der Waals surface area contributed by atoms with Gasteiger partial charge in [-0.25, -0.2) is 4.79 Å². The molecule has 0 heterocycles. The Hall–Kier alpha value is 0.0614. The molecule has 0 unspecified atom stereocenters. The average molecular weight is 390 g/mol. The molecule has 0 aromatic heterocycles. The van der Waals surface area contributed by atoms with Gasteiger partial charge in [-0.2, -0.15) is 0 Å². The standard InChI is InChI=1S/C15H22O3.Ba.2H/c1-2-3-4-5-6-9-12-18-15(17)13-10-7-8-11-14(13)16;;;/h7-8,10-11,16H,2-6,9,12H2,1H3;;;. The Morgan fingerprint density at radius 2 is 1.74 bits per heavy atom. The van der Waals surface area contributed by atoms with Gasteiger partial charge >= 0.3 is 54.9 Å². The second-order valence-electron chi connectivity index (χ2n) is 4.42. The van der Waals surface area contributed by atoms with E-state index in [0.717, 1.165) is 12.8 Å². The quantitative estimate of drug-likeness (QED) is 0.422. The van der Waals surface area contributed by atoms with E-state index in [0.29, 0.717) is 6.61 Å². The van der Waals surface area contributed by atoms with Crippen LogP contribution >= 0.6 is 0 Å². The predicted octanol–water partition coefficient (Wildman–Crippen LogP) is 2.99. The van der Waals surface area contributed by atoms with Gasteiger partial charge in [0.2, 0.25) is 0 Å². The molecule has 0 fully saturated rings. The number of aromatic hydroxyl groups is 1.